The summed E-state index contributed by atoms with van der Waals surface area (Å²) in [6.45, 7) is 13.4. The van der Waals surface area contributed by atoms with Crippen molar-refractivity contribution in [2.24, 2.45) is 5.73 Å². The van der Waals surface area contributed by atoms with Gasteiger partial charge in [-0.05, 0) is 97.7 Å². The number of nitrogens with one attached hydrogen (secondary N) is 3. The molecular formula is C42H66N6O8. The number of amides is 2. The normalized spacial score (nSPS) is 14.8. The number of carbonyl (C=O) groups is 2. The van der Waals surface area contributed by atoms with Crippen molar-refractivity contribution >= 4 is 12.2 Å². The molecule has 7 N–H and O–H groups in total. The lowest BCUT2D eigenvalue weighted by Crippen LogP contribution is -2.50. The van der Waals surface area contributed by atoms with Gasteiger partial charge in [0.2, 0.25) is 0 Å². The number of nitrogens with zero attached hydrogens (tertiary/aromatic N) is 2. The first-order valence-electron chi connectivity index (χ1n) is 19.4. The number of hydrogen-bond donors (Lipinski definition) is 6. The van der Waals surface area contributed by atoms with Crippen molar-refractivity contribution in [1.82, 2.24) is 16.0 Å². The first-order chi connectivity index (χ1) is 26.6. The molecule has 1 heterocycles. The number of hydrogen-bond acceptors (Lipinski definition) is 12. The second-order valence-electron chi connectivity index (χ2n) is 15.3. The molecule has 2 aromatic rings. The summed E-state index contributed by atoms with van der Waals surface area (Å²) < 4.78 is 20.8. The number of carbonyl (C=O) groups excluding carboxylic acids is 2. The number of aliphatic hydroxyl groups excluding tert-OH is 2. The van der Waals surface area contributed by atoms with Crippen LogP contribution in [0.3, 0.4) is 0 Å². The van der Waals surface area contributed by atoms with Gasteiger partial charge in [-0.2, -0.15) is 10.5 Å². The minimum absolute atomic E-state index is 0.0339. The third-order valence-electron chi connectivity index (χ3n) is 7.84. The van der Waals surface area contributed by atoms with E-state index in [1.807, 2.05) is 60.7 Å². The van der Waals surface area contributed by atoms with Crippen molar-refractivity contribution in [3.05, 3.63) is 71.8 Å². The second-order valence-corrected chi connectivity index (χ2v) is 15.3. The average molecular weight is 783 g/mol. The van der Waals surface area contributed by atoms with Crippen molar-refractivity contribution in [3.8, 4) is 12.1 Å². The maximum Gasteiger partial charge on any atom is 0.407 e. The molecule has 3 rings (SSSR count). The van der Waals surface area contributed by atoms with E-state index in [1.54, 1.807) is 41.5 Å². The van der Waals surface area contributed by atoms with E-state index in [4.69, 9.17) is 35.2 Å². The molecule has 0 spiro atoms. The lowest BCUT2D eigenvalue weighted by atomic mass is 10.0. The lowest BCUT2D eigenvalue weighted by molar-refractivity contribution is -0.0474. The van der Waals surface area contributed by atoms with Crippen LogP contribution in [-0.2, 0) is 31.8 Å². The number of alkyl carbamates (subject to hydrolysis) is 2. The number of rotatable bonds is 18. The van der Waals surface area contributed by atoms with Crippen LogP contribution < -0.4 is 21.7 Å². The van der Waals surface area contributed by atoms with Gasteiger partial charge in [-0.3, -0.25) is 0 Å². The largest absolute Gasteiger partial charge is 0.444 e. The van der Waals surface area contributed by atoms with Crippen molar-refractivity contribution in [1.29, 1.82) is 10.5 Å². The molecule has 2 aromatic carbocycles. The molecule has 0 radical (unpaired) electrons. The third-order valence-corrected chi connectivity index (χ3v) is 7.84. The Bertz CT molecular complexity index is 1420. The van der Waals surface area contributed by atoms with Gasteiger partial charge in [0, 0.05) is 25.9 Å². The summed E-state index contributed by atoms with van der Waals surface area (Å²) in [6.07, 6.45) is 2.91. The summed E-state index contributed by atoms with van der Waals surface area (Å²) in [6, 6.07) is 22.6. The van der Waals surface area contributed by atoms with E-state index in [2.05, 4.69) is 28.1 Å². The van der Waals surface area contributed by atoms with Gasteiger partial charge >= 0.3 is 12.2 Å². The predicted molar refractivity (Wildman–Crippen MR) is 215 cm³/mol. The molecular weight excluding hydrogens is 716 g/mol. The van der Waals surface area contributed by atoms with Crippen molar-refractivity contribution < 1.29 is 38.7 Å². The fourth-order valence-electron chi connectivity index (χ4n) is 5.15. The van der Waals surface area contributed by atoms with Gasteiger partial charge in [-0.15, -0.1) is 0 Å². The lowest BCUT2D eigenvalue weighted by Gasteiger charge is -2.27. The molecule has 0 bridgehead atoms. The van der Waals surface area contributed by atoms with E-state index in [0.717, 1.165) is 43.4 Å². The topological polar surface area (TPSA) is 221 Å². The van der Waals surface area contributed by atoms with E-state index in [-0.39, 0.29) is 12.8 Å². The van der Waals surface area contributed by atoms with Crippen LogP contribution in [0, 0.1) is 22.7 Å². The molecule has 56 heavy (non-hydrogen) atoms. The Morgan fingerprint density at radius 3 is 1.64 bits per heavy atom. The number of unbranched alkanes of at least 4 members (excludes halogenated alkanes) is 3. The van der Waals surface area contributed by atoms with Gasteiger partial charge in [0.15, 0.2) is 6.29 Å². The fourth-order valence-corrected chi connectivity index (χ4v) is 5.15. The molecule has 1 fully saturated rings. The van der Waals surface area contributed by atoms with E-state index < -0.39 is 47.7 Å². The highest BCUT2D eigenvalue weighted by atomic mass is 16.7. The smallest absolute Gasteiger partial charge is 0.407 e. The Balaban J connectivity index is 0.000000459. The monoisotopic (exact) mass is 782 g/mol. The van der Waals surface area contributed by atoms with E-state index in [1.165, 1.54) is 0 Å². The maximum atomic E-state index is 12.1. The molecule has 0 aromatic heterocycles. The highest BCUT2D eigenvalue weighted by molar-refractivity contribution is 5.68. The molecule has 14 nitrogen and oxygen atoms in total. The van der Waals surface area contributed by atoms with E-state index >= 15 is 0 Å². The van der Waals surface area contributed by atoms with E-state index in [0.29, 0.717) is 45.4 Å². The van der Waals surface area contributed by atoms with Crippen molar-refractivity contribution in [3.63, 3.8) is 0 Å². The zero-order valence-electron chi connectivity index (χ0n) is 34.2. The highest BCUT2D eigenvalue weighted by Gasteiger charge is 2.26. The molecule has 0 saturated carbocycles. The van der Waals surface area contributed by atoms with Crippen molar-refractivity contribution in [2.75, 3.05) is 32.8 Å². The zero-order valence-corrected chi connectivity index (χ0v) is 34.2. The minimum Gasteiger partial charge on any atom is -0.444 e. The highest BCUT2D eigenvalue weighted by Crippen LogP contribution is 2.13. The molecule has 312 valence electrons. The Morgan fingerprint density at radius 1 is 0.768 bits per heavy atom. The van der Waals surface area contributed by atoms with Gasteiger partial charge in [0.25, 0.3) is 0 Å². The van der Waals surface area contributed by atoms with E-state index in [9.17, 15) is 19.8 Å². The van der Waals surface area contributed by atoms with Gasteiger partial charge < -0.3 is 50.8 Å². The van der Waals surface area contributed by atoms with Crippen LogP contribution in [0.25, 0.3) is 0 Å². The molecule has 2 unspecified atom stereocenters. The molecule has 1 aliphatic heterocycles. The maximum absolute atomic E-state index is 12.1. The van der Waals surface area contributed by atoms with Crippen LogP contribution >= 0.6 is 0 Å². The summed E-state index contributed by atoms with van der Waals surface area (Å²) in [5.41, 5.74) is 6.37. The van der Waals surface area contributed by atoms with Crippen LogP contribution in [0.15, 0.2) is 60.7 Å². The fraction of sp³-hybridized carbons (Fsp3) is 0.619. The van der Waals surface area contributed by atoms with Crippen LogP contribution in [0.2, 0.25) is 0 Å². The van der Waals surface area contributed by atoms with Crippen LogP contribution in [0.4, 0.5) is 9.59 Å². The third kappa shape index (κ3) is 25.7. The zero-order chi connectivity index (χ0) is 41.8. The summed E-state index contributed by atoms with van der Waals surface area (Å²) >= 11 is 0. The standard InChI is InChI=1S/C20H31N3O3.C15H24N2O3.C7H11NO2/c1-20(2,3)26-19(25)23-17(14-16-10-6-4-7-11-16)18(24)15-22-13-9-5-8-12-21;1-15(2,3)20-14(19)17-12(13(18)10-16)9-11-7-5-4-6-8-11;8-4-2-1-3-7-9-5-6-10-7/h4,6-7,10-11,17-18,22,24H,5,8-9,13-15H2,1-3H3,(H,23,25);4-8,12-13,18H,9-10,16H2,1-3H3,(H,17,19);7H,1-3,5-6H2/t17-,18?;12-,13?;/m00./s1. The predicted octanol–water partition coefficient (Wildman–Crippen LogP) is 5.26. The summed E-state index contributed by atoms with van der Waals surface area (Å²) in [7, 11) is 0. The quantitative estimate of drug-likeness (QED) is 0.107. The summed E-state index contributed by atoms with van der Waals surface area (Å²) in [5, 5.41) is 45.9. The number of benzene rings is 2. The Kier molecular flexibility index (Phi) is 25.0. The molecule has 1 aliphatic rings. The van der Waals surface area contributed by atoms with Crippen LogP contribution in [-0.4, -0.2) is 97.0 Å². The summed E-state index contributed by atoms with van der Waals surface area (Å²) in [5.74, 6) is 0. The molecule has 2 amide bonds. The molecule has 1 saturated heterocycles. The number of aliphatic hydroxyl groups is 2. The summed E-state index contributed by atoms with van der Waals surface area (Å²) in [4.78, 5) is 23.9. The molecule has 14 heteroatoms. The van der Waals surface area contributed by atoms with Gasteiger partial charge in [0.1, 0.15) is 11.2 Å². The SMILES string of the molecule is CC(C)(C)OC(=O)N[C@@H](Cc1ccccc1)C(O)CN.CC(C)(C)OC(=O)N[C@@H](Cc1ccccc1)C(O)CNCCCCC#N.N#CCCCC1OCCO1. The first-order valence-corrected chi connectivity index (χ1v) is 19.4. The van der Waals surface area contributed by atoms with Crippen molar-refractivity contribution in [2.45, 2.75) is 135 Å². The minimum atomic E-state index is -0.817. The Morgan fingerprint density at radius 2 is 1.21 bits per heavy atom. The first kappa shape index (κ1) is 49.7. The second kappa shape index (κ2) is 28.2. The number of ether oxygens (including phenoxy) is 4. The van der Waals surface area contributed by atoms with Crippen LogP contribution in [0.5, 0.6) is 0 Å². The van der Waals surface area contributed by atoms with Gasteiger partial charge in [0.05, 0.1) is 49.6 Å². The van der Waals surface area contributed by atoms with Crippen LogP contribution in [0.1, 0.15) is 91.2 Å². The Labute approximate surface area is 334 Å². The average Bonchev–Trinajstić information content (AvgIpc) is 3.66. The van der Waals surface area contributed by atoms with Gasteiger partial charge in [-0.25, -0.2) is 9.59 Å². The number of nitriles is 2. The number of nitrogens with two attached hydrogens (primary N) is 1. The molecule has 4 atom stereocenters. The Hall–Kier alpha value is -4.28. The molecule has 0 aliphatic carbocycles. The van der Waals surface area contributed by atoms with Gasteiger partial charge in [-0.1, -0.05) is 60.7 Å².